The van der Waals surface area contributed by atoms with Crippen molar-refractivity contribution in [3.63, 3.8) is 0 Å². The number of H-pyrrole nitrogens is 1. The third-order valence-electron chi connectivity index (χ3n) is 16.4. The molecule has 20 atom stereocenters. The zero-order chi connectivity index (χ0) is 66.8. The quantitative estimate of drug-likeness (QED) is 0.0564. The Hall–Kier alpha value is -3.98. The van der Waals surface area contributed by atoms with Gasteiger partial charge in [-0.05, 0) is 30.5 Å². The van der Waals surface area contributed by atoms with Gasteiger partial charge in [0.05, 0.1) is 65.0 Å². The predicted octanol–water partition coefficient (Wildman–Crippen LogP) is 1.01. The number of benzene rings is 1. The van der Waals surface area contributed by atoms with E-state index in [9.17, 15) is 57.0 Å². The monoisotopic (exact) mass is 1390 g/mol. The van der Waals surface area contributed by atoms with E-state index in [0.717, 1.165) is 38.4 Å². The lowest BCUT2D eigenvalue weighted by molar-refractivity contribution is -0.190. The molecule has 8 bridgehead atoms. The van der Waals surface area contributed by atoms with Crippen LogP contribution in [0.2, 0.25) is 0 Å². The molecule has 0 radical (unpaired) electrons. The lowest BCUT2D eigenvalue weighted by Crippen LogP contribution is -2.52. The maximum absolute atomic E-state index is 12.9. The summed E-state index contributed by atoms with van der Waals surface area (Å²) >= 11 is 0. The first-order valence-corrected chi connectivity index (χ1v) is 34.2. The molecule has 8 aliphatic rings. The van der Waals surface area contributed by atoms with E-state index < -0.39 is 126 Å². The molecule has 4 aromatic rings. The van der Waals surface area contributed by atoms with Gasteiger partial charge in [-0.1, -0.05) is 24.3 Å². The van der Waals surface area contributed by atoms with Crippen LogP contribution in [0, 0.1) is 0 Å². The number of nitrogens with one attached hydrogen (secondary N) is 2. The third-order valence-corrected chi connectivity index (χ3v) is 20.4. The second-order valence-corrected chi connectivity index (χ2v) is 28.4. The fraction of sp³-hybridized carbons (Fsp3) is 0.654. The van der Waals surface area contributed by atoms with Crippen molar-refractivity contribution in [3.8, 4) is 0 Å². The van der Waals surface area contributed by atoms with Crippen molar-refractivity contribution >= 4 is 42.0 Å². The number of nitrogens with zero attached hydrogens (tertiary/aromatic N) is 3. The smallest absolute Gasteiger partial charge is 0.382 e. The molecule has 36 nitrogen and oxygen atoms in total. The zero-order valence-corrected chi connectivity index (χ0v) is 54.7. The normalized spacial score (nSPS) is 35.6. The molecule has 92 heavy (non-hydrogen) atoms. The highest BCUT2D eigenvalue weighted by molar-refractivity contribution is 7.50. The van der Waals surface area contributed by atoms with Crippen LogP contribution in [0.15, 0.2) is 92.4 Å². The summed E-state index contributed by atoms with van der Waals surface area (Å²) in [7, 11) is -6.38. The van der Waals surface area contributed by atoms with Crippen LogP contribution < -0.4 is 27.5 Å². The summed E-state index contributed by atoms with van der Waals surface area (Å²) in [6, 6.07) is 14.1. The summed E-state index contributed by atoms with van der Waals surface area (Å²) in [5.74, 6) is 0. The van der Waals surface area contributed by atoms with E-state index in [-0.39, 0.29) is 69.6 Å². The summed E-state index contributed by atoms with van der Waals surface area (Å²) in [4.78, 5) is 88.9. The number of ether oxygens (including phenoxy) is 12. The first-order chi connectivity index (χ1) is 43.6. The van der Waals surface area contributed by atoms with Gasteiger partial charge in [0.25, 0.3) is 16.7 Å². The predicted molar refractivity (Wildman–Crippen MR) is 312 cm³/mol. The van der Waals surface area contributed by atoms with Gasteiger partial charge in [0.2, 0.25) is 0 Å². The fourth-order valence-corrected chi connectivity index (χ4v) is 15.2. The van der Waals surface area contributed by atoms with Crippen LogP contribution in [-0.4, -0.2) is 225 Å². The van der Waals surface area contributed by atoms with Crippen LogP contribution in [0.25, 0.3) is 10.8 Å². The Morgan fingerprint density at radius 3 is 1.55 bits per heavy atom. The molecule has 3 aromatic heterocycles. The number of pyridine rings is 2. The molecule has 6 N–H and O–H groups in total. The number of rotatable bonds is 23. The average molecular weight is 1390 g/mol. The van der Waals surface area contributed by atoms with Gasteiger partial charge in [0.15, 0.2) is 18.7 Å². The summed E-state index contributed by atoms with van der Waals surface area (Å²) in [6.45, 7) is 3.20. The minimum atomic E-state index is -4.30. The van der Waals surface area contributed by atoms with Gasteiger partial charge in [-0.2, -0.15) is 0 Å². The Labute approximate surface area is 524 Å². The Bertz CT molecular complexity index is 3670. The molecule has 514 valence electrons. The lowest BCUT2D eigenvalue weighted by atomic mass is 9.90. The number of aromatic nitrogens is 4. The topological polar surface area (TPSA) is 435 Å². The molecule has 8 saturated heterocycles. The van der Waals surface area contributed by atoms with E-state index >= 15 is 0 Å². The van der Waals surface area contributed by atoms with Crippen molar-refractivity contribution < 1.29 is 126 Å². The van der Waals surface area contributed by atoms with E-state index in [0.29, 0.717) is 18.4 Å². The molecule has 12 rings (SSSR count). The number of aromatic amines is 1. The van der Waals surface area contributed by atoms with Crippen molar-refractivity contribution in [2.45, 2.75) is 109 Å². The lowest BCUT2D eigenvalue weighted by Gasteiger charge is -2.38. The molecular weight excluding hydrogens is 1310 g/mol. The van der Waals surface area contributed by atoms with Crippen LogP contribution >= 0.6 is 31.2 Å². The first-order valence-electron chi connectivity index (χ1n) is 28.2. The van der Waals surface area contributed by atoms with Crippen molar-refractivity contribution in [1.29, 1.82) is 0 Å². The van der Waals surface area contributed by atoms with Gasteiger partial charge in [0.1, 0.15) is 65.1 Å². The highest BCUT2D eigenvalue weighted by Gasteiger charge is 2.67. The molecule has 1 aromatic carbocycles. The highest BCUT2D eigenvalue weighted by Crippen LogP contribution is 2.57. The largest absolute Gasteiger partial charge is 0.472 e. The van der Waals surface area contributed by atoms with Crippen molar-refractivity contribution in [2.75, 3.05) is 110 Å². The Kier molecular flexibility index (Phi) is 22.8. The SMILES string of the molecule is COC[C@@]12CCOC([C@H](C)O1)[C@@H]2OP(=O)(O)OC.COC[C@@]12COC([C@H](n3ccc(=O)[nH]c3=O)O1)[C@@H]2NP(=O)(O)OC.COC[C@@]12COC([C@H](n3ccc4ccccc4c3=O)O1)[C@@H]2OP(=O)(O)OC.COC[C@@]12COC([C@H](n3ccccc3=O)O1)[C@@H]2OP(=O)(O)OC. The molecule has 0 spiro atoms. The van der Waals surface area contributed by atoms with Crippen LogP contribution in [0.1, 0.15) is 32.0 Å². The van der Waals surface area contributed by atoms with E-state index in [1.807, 2.05) is 19.1 Å². The standard InChI is InChI=1S/C17H20NO8P.C13H18NO8P.C12H18N3O8P.C10H19O7P/c1-22-9-17-10-24-13(14(17)26-27(20,21)23-2)16(25-17)18-8-7-11-5-3-4-6-12(11)15(18)19;1-18-7-13-8-20-10(11(13)22-23(16,17)19-2)12(21-13)14-6-4-3-5-9(14)15;1-20-5-12-6-22-8(9(12)14-24(18,19)21-2)10(23-12)15-4-3-7(16)13-11(15)17;1-7-8-9(17-18(11,12)14-3)10(16-7,6-13-2)4-5-15-8/h3-8,13-14,16H,9-10H2,1-2H3,(H,20,21);3-6,10-12H,7-8H2,1-2H3,(H,16,17);3-4,8-10H,5-6H2,1-2H3,(H,13,16,17)(H2,14,18,19);7-9H,4-6H2,1-3H3,(H,11,12)/t13?,14-,16+,17-;10?,11-,12+,13-;8?,9-,10+,12-;7-,8?,9-,10+/m0000/s1. The van der Waals surface area contributed by atoms with Crippen LogP contribution in [0.4, 0.5) is 0 Å². The minimum absolute atomic E-state index is 0.0662. The average Bonchev–Trinajstić information content (AvgIpc) is 1.59. The van der Waals surface area contributed by atoms with Crippen LogP contribution in [0.3, 0.4) is 0 Å². The molecule has 8 aliphatic heterocycles. The second-order valence-electron chi connectivity index (χ2n) is 22.2. The van der Waals surface area contributed by atoms with Gasteiger partial charge in [-0.25, -0.2) is 28.1 Å². The molecule has 0 amide bonds. The molecule has 8 unspecified atom stereocenters. The molecular formula is C52H75N5O31P4. The highest BCUT2D eigenvalue weighted by atomic mass is 31.2. The Morgan fingerprint density at radius 2 is 1.01 bits per heavy atom. The van der Waals surface area contributed by atoms with Crippen LogP contribution in [-0.2, 0) is 107 Å². The third kappa shape index (κ3) is 14.8. The van der Waals surface area contributed by atoms with E-state index in [1.165, 1.54) is 48.8 Å². The van der Waals surface area contributed by atoms with Gasteiger partial charge in [-0.15, -0.1) is 0 Å². The van der Waals surface area contributed by atoms with Crippen molar-refractivity contribution in [1.82, 2.24) is 23.8 Å². The van der Waals surface area contributed by atoms with E-state index in [1.54, 1.807) is 49.8 Å². The van der Waals surface area contributed by atoms with E-state index in [4.69, 9.17) is 70.4 Å². The maximum atomic E-state index is 12.9. The van der Waals surface area contributed by atoms with Crippen molar-refractivity contribution in [3.05, 3.63) is 115 Å². The maximum Gasteiger partial charge on any atom is 0.472 e. The van der Waals surface area contributed by atoms with E-state index in [2.05, 4.69) is 28.2 Å². The van der Waals surface area contributed by atoms with Gasteiger partial charge >= 0.3 is 36.9 Å². The zero-order valence-electron chi connectivity index (χ0n) is 51.2. The van der Waals surface area contributed by atoms with Crippen LogP contribution in [0.5, 0.6) is 0 Å². The van der Waals surface area contributed by atoms with Crippen molar-refractivity contribution in [2.24, 2.45) is 0 Å². The molecule has 0 saturated carbocycles. The van der Waals surface area contributed by atoms with Gasteiger partial charge < -0.3 is 80.9 Å². The van der Waals surface area contributed by atoms with Gasteiger partial charge in [-0.3, -0.25) is 60.2 Å². The molecule has 8 fully saturated rings. The number of methoxy groups -OCH3 is 4. The fourth-order valence-electron chi connectivity index (χ4n) is 12.3. The summed E-state index contributed by atoms with van der Waals surface area (Å²) < 4.78 is 152. The minimum Gasteiger partial charge on any atom is -0.382 e. The number of phosphoric acid groups is 3. The molecule has 11 heterocycles. The Balaban J connectivity index is 0.000000146. The number of phosphoric ester groups is 3. The second kappa shape index (κ2) is 29.0. The summed E-state index contributed by atoms with van der Waals surface area (Å²) in [5, 5.41) is 3.84. The molecule has 40 heteroatoms. The van der Waals surface area contributed by atoms with Gasteiger partial charge in [0, 0.05) is 99.4 Å². The Morgan fingerprint density at radius 1 is 0.533 bits per heavy atom. The first kappa shape index (κ1) is 72.3. The summed E-state index contributed by atoms with van der Waals surface area (Å²) in [5.41, 5.74) is -5.76. The number of hydrogen-bond acceptors (Lipinski definition) is 27. The number of hydrogen-bond donors (Lipinski definition) is 6. The summed E-state index contributed by atoms with van der Waals surface area (Å²) in [6.07, 6.45) is -2.86. The molecule has 0 aliphatic carbocycles. The number of fused-ring (bicyclic) bond motifs is 9.